The highest BCUT2D eigenvalue weighted by Gasteiger charge is 2.60. The van der Waals surface area contributed by atoms with E-state index in [1.807, 2.05) is 30.0 Å². The van der Waals surface area contributed by atoms with Gasteiger partial charge in [-0.15, -0.1) is 0 Å². The number of ether oxygens (including phenoxy) is 1. The molecule has 6 rings (SSSR count). The summed E-state index contributed by atoms with van der Waals surface area (Å²) in [5.41, 5.74) is 1.41. The van der Waals surface area contributed by atoms with Crippen LogP contribution in [0.4, 0.5) is 18.9 Å². The average Bonchev–Trinajstić information content (AvgIpc) is 3.83. The first-order valence-electron chi connectivity index (χ1n) is 15.3. The Labute approximate surface area is 262 Å². The minimum absolute atomic E-state index is 0.00221. The summed E-state index contributed by atoms with van der Waals surface area (Å²) in [6, 6.07) is 17.2. The zero-order valence-corrected chi connectivity index (χ0v) is 26.4. The summed E-state index contributed by atoms with van der Waals surface area (Å²) in [5, 5.41) is 3.26. The van der Waals surface area contributed by atoms with Gasteiger partial charge in [-0.25, -0.2) is 8.42 Å². The van der Waals surface area contributed by atoms with Crippen LogP contribution in [0.5, 0.6) is 5.75 Å². The second-order valence-corrected chi connectivity index (χ2v) is 14.3. The minimum atomic E-state index is -4.45. The number of rotatable bonds is 8. The SMILES string of the molecule is COc1cccc(S(=O)(=O)N2c3ccc(C(C)NCc4ccccc4C(F)(F)F)cc3C3(CCN(C(C)=O)CC3)C2C2CC2)c1. The van der Waals surface area contributed by atoms with E-state index in [9.17, 15) is 26.4 Å². The number of alkyl halides is 3. The van der Waals surface area contributed by atoms with Gasteiger partial charge in [0.2, 0.25) is 5.91 Å². The van der Waals surface area contributed by atoms with Crippen molar-refractivity contribution >= 4 is 21.6 Å². The summed E-state index contributed by atoms with van der Waals surface area (Å²) in [6.07, 6.45) is -1.37. The third kappa shape index (κ3) is 5.69. The van der Waals surface area contributed by atoms with E-state index in [1.165, 1.54) is 19.2 Å². The molecule has 3 aromatic rings. The molecular formula is C34H38F3N3O4S. The summed E-state index contributed by atoms with van der Waals surface area (Å²) in [5.74, 6) is 0.627. The third-order valence-corrected chi connectivity index (χ3v) is 11.6. The lowest BCUT2D eigenvalue weighted by Crippen LogP contribution is -2.54. The van der Waals surface area contributed by atoms with Crippen molar-refractivity contribution in [2.24, 2.45) is 5.92 Å². The van der Waals surface area contributed by atoms with Gasteiger partial charge in [-0.3, -0.25) is 9.10 Å². The number of methoxy groups -OCH3 is 1. The fourth-order valence-electron chi connectivity index (χ4n) is 7.27. The van der Waals surface area contributed by atoms with Crippen molar-refractivity contribution in [1.82, 2.24) is 10.2 Å². The lowest BCUT2D eigenvalue weighted by molar-refractivity contribution is -0.138. The molecule has 2 aliphatic heterocycles. The largest absolute Gasteiger partial charge is 0.497 e. The van der Waals surface area contributed by atoms with E-state index in [-0.39, 0.29) is 40.9 Å². The monoisotopic (exact) mass is 641 g/mol. The van der Waals surface area contributed by atoms with Crippen molar-refractivity contribution in [3.63, 3.8) is 0 Å². The van der Waals surface area contributed by atoms with Crippen molar-refractivity contribution in [2.75, 3.05) is 24.5 Å². The van der Waals surface area contributed by atoms with Crippen LogP contribution in [0.25, 0.3) is 0 Å². The van der Waals surface area contributed by atoms with Crippen molar-refractivity contribution in [2.45, 2.75) is 74.6 Å². The molecule has 0 aromatic heterocycles. The number of likely N-dealkylation sites (tertiary alicyclic amines) is 1. The standard InChI is InChI=1S/C34H38F3N3O4S/c1-22(38-21-26-7-4-5-10-29(26)34(35,36)37)25-13-14-31-30(19-25)33(15-17-39(18-16-33)23(2)41)32(24-11-12-24)40(31)45(42,43)28-9-6-8-27(20-28)44-3/h4-10,13-14,19-20,22,24,32,38H,11-12,15-18,21H2,1-3H3. The summed E-state index contributed by atoms with van der Waals surface area (Å²) >= 11 is 0. The zero-order valence-electron chi connectivity index (χ0n) is 25.6. The summed E-state index contributed by atoms with van der Waals surface area (Å²) in [6.45, 7) is 4.53. The number of amides is 1. The molecule has 2 heterocycles. The number of benzene rings is 3. The van der Waals surface area contributed by atoms with Crippen LogP contribution >= 0.6 is 0 Å². The molecule has 2 unspecified atom stereocenters. The van der Waals surface area contributed by atoms with Gasteiger partial charge in [0.1, 0.15) is 5.75 Å². The van der Waals surface area contributed by atoms with Gasteiger partial charge in [-0.1, -0.05) is 36.4 Å². The number of carbonyl (C=O) groups is 1. The number of fused-ring (bicyclic) bond motifs is 2. The number of carbonyl (C=O) groups excluding carboxylic acids is 1. The van der Waals surface area contributed by atoms with Crippen molar-refractivity contribution in [1.29, 1.82) is 0 Å². The predicted molar refractivity (Wildman–Crippen MR) is 165 cm³/mol. The Bertz CT molecular complexity index is 1700. The fraction of sp³-hybridized carbons (Fsp3) is 0.441. The maximum atomic E-state index is 14.5. The van der Waals surface area contributed by atoms with Gasteiger partial charge in [0.15, 0.2) is 0 Å². The van der Waals surface area contributed by atoms with Gasteiger partial charge in [-0.05, 0) is 79.5 Å². The molecule has 45 heavy (non-hydrogen) atoms. The highest BCUT2D eigenvalue weighted by molar-refractivity contribution is 7.93. The van der Waals surface area contributed by atoms with E-state index in [0.717, 1.165) is 30.0 Å². The van der Waals surface area contributed by atoms with E-state index in [2.05, 4.69) is 5.32 Å². The number of hydrogen-bond acceptors (Lipinski definition) is 5. The molecular weight excluding hydrogens is 603 g/mol. The lowest BCUT2D eigenvalue weighted by Gasteiger charge is -2.45. The highest BCUT2D eigenvalue weighted by Crippen LogP contribution is 2.59. The first kappa shape index (κ1) is 31.4. The van der Waals surface area contributed by atoms with Crippen LogP contribution in [-0.2, 0) is 33.0 Å². The smallest absolute Gasteiger partial charge is 0.416 e. The minimum Gasteiger partial charge on any atom is -0.497 e. The second-order valence-electron chi connectivity index (χ2n) is 12.5. The summed E-state index contributed by atoms with van der Waals surface area (Å²) in [7, 11) is -2.49. The molecule has 3 aliphatic rings. The second kappa shape index (κ2) is 11.7. The van der Waals surface area contributed by atoms with Crippen molar-refractivity contribution < 1.29 is 31.1 Å². The molecule has 0 bridgehead atoms. The van der Waals surface area contributed by atoms with Crippen LogP contribution in [0.3, 0.4) is 0 Å². The average molecular weight is 642 g/mol. The molecule has 1 N–H and O–H groups in total. The van der Waals surface area contributed by atoms with Gasteiger partial charge in [0.25, 0.3) is 10.0 Å². The number of anilines is 1. The van der Waals surface area contributed by atoms with E-state index in [1.54, 1.807) is 41.6 Å². The number of sulfonamides is 1. The molecule has 1 saturated heterocycles. The Kier molecular flexibility index (Phi) is 8.14. The molecule has 240 valence electrons. The lowest BCUT2D eigenvalue weighted by atomic mass is 9.68. The van der Waals surface area contributed by atoms with E-state index in [0.29, 0.717) is 37.4 Å². The quantitative estimate of drug-likeness (QED) is 0.307. The molecule has 7 nitrogen and oxygen atoms in total. The Morgan fingerprint density at radius 1 is 1.04 bits per heavy atom. The Balaban J connectivity index is 1.40. The summed E-state index contributed by atoms with van der Waals surface area (Å²) in [4.78, 5) is 14.3. The fourth-order valence-corrected chi connectivity index (χ4v) is 9.11. The number of nitrogens with one attached hydrogen (secondary N) is 1. The molecule has 1 aliphatic carbocycles. The maximum absolute atomic E-state index is 14.5. The molecule has 3 aromatic carbocycles. The highest BCUT2D eigenvalue weighted by atomic mass is 32.2. The molecule has 1 spiro atoms. The Hall–Kier alpha value is -3.57. The topological polar surface area (TPSA) is 79.0 Å². The van der Waals surface area contributed by atoms with Gasteiger partial charge < -0.3 is 15.0 Å². The molecule has 0 radical (unpaired) electrons. The number of nitrogens with zero attached hydrogens (tertiary/aromatic N) is 2. The molecule has 1 saturated carbocycles. The van der Waals surface area contributed by atoms with Crippen LogP contribution < -0.4 is 14.4 Å². The third-order valence-electron chi connectivity index (χ3n) is 9.80. The van der Waals surface area contributed by atoms with Gasteiger partial charge >= 0.3 is 6.18 Å². The molecule has 2 atom stereocenters. The van der Waals surface area contributed by atoms with Crippen LogP contribution in [0.1, 0.15) is 67.8 Å². The van der Waals surface area contributed by atoms with E-state index in [4.69, 9.17) is 4.74 Å². The first-order chi connectivity index (χ1) is 21.4. The van der Waals surface area contributed by atoms with Gasteiger partial charge in [0.05, 0.1) is 29.3 Å². The van der Waals surface area contributed by atoms with Gasteiger partial charge in [0, 0.05) is 44.1 Å². The zero-order chi connectivity index (χ0) is 32.1. The normalized spacial score (nSPS) is 20.3. The van der Waals surface area contributed by atoms with Crippen LogP contribution in [0.15, 0.2) is 71.6 Å². The van der Waals surface area contributed by atoms with E-state index >= 15 is 0 Å². The van der Waals surface area contributed by atoms with Gasteiger partial charge in [-0.2, -0.15) is 13.2 Å². The molecule has 11 heteroatoms. The Morgan fingerprint density at radius 3 is 2.40 bits per heavy atom. The van der Waals surface area contributed by atoms with E-state index < -0.39 is 27.2 Å². The Morgan fingerprint density at radius 2 is 1.76 bits per heavy atom. The van der Waals surface area contributed by atoms with Crippen LogP contribution in [0.2, 0.25) is 0 Å². The van der Waals surface area contributed by atoms with Crippen molar-refractivity contribution in [3.8, 4) is 5.75 Å². The maximum Gasteiger partial charge on any atom is 0.416 e. The number of hydrogen-bond donors (Lipinski definition) is 1. The van der Waals surface area contributed by atoms with Crippen LogP contribution in [-0.4, -0.2) is 45.5 Å². The predicted octanol–water partition coefficient (Wildman–Crippen LogP) is 6.43. The number of piperidine rings is 1. The molecule has 2 fully saturated rings. The first-order valence-corrected chi connectivity index (χ1v) is 16.8. The van der Waals surface area contributed by atoms with Crippen LogP contribution in [0, 0.1) is 5.92 Å². The summed E-state index contributed by atoms with van der Waals surface area (Å²) < 4.78 is 76.8. The molecule has 1 amide bonds. The number of halogens is 3. The van der Waals surface area contributed by atoms with Crippen molar-refractivity contribution in [3.05, 3.63) is 89.0 Å².